The van der Waals surface area contributed by atoms with E-state index in [2.05, 4.69) is 5.32 Å². The third kappa shape index (κ3) is 9.19. The van der Waals surface area contributed by atoms with E-state index < -0.39 is 52.0 Å². The Balaban J connectivity index is 1.84. The lowest BCUT2D eigenvalue weighted by Crippen LogP contribution is -2.54. The summed E-state index contributed by atoms with van der Waals surface area (Å²) in [5.74, 6) is -1.88. The molecule has 248 valence electrons. The van der Waals surface area contributed by atoms with Crippen LogP contribution in [0.5, 0.6) is 0 Å². The first-order valence-electron chi connectivity index (χ1n) is 14.9. The molecule has 0 aromatic heterocycles. The molecule has 2 atom stereocenters. The number of carbonyl (C=O) groups excluding carboxylic acids is 2. The van der Waals surface area contributed by atoms with Crippen LogP contribution in [-0.4, -0.2) is 43.8 Å². The number of amides is 2. The van der Waals surface area contributed by atoms with E-state index in [9.17, 15) is 35.6 Å². The Bertz CT molecular complexity index is 1750. The van der Waals surface area contributed by atoms with Crippen LogP contribution < -0.4 is 9.62 Å². The molecule has 0 heterocycles. The molecule has 0 bridgehead atoms. The van der Waals surface area contributed by atoms with Gasteiger partial charge in [-0.15, -0.1) is 0 Å². The van der Waals surface area contributed by atoms with Gasteiger partial charge in [-0.1, -0.05) is 73.7 Å². The Kier molecular flexibility index (Phi) is 11.4. The predicted molar refractivity (Wildman–Crippen MR) is 171 cm³/mol. The number of benzene rings is 4. The minimum atomic E-state index is -4.79. The smallest absolute Gasteiger partial charge is 0.352 e. The van der Waals surface area contributed by atoms with Gasteiger partial charge in [0.2, 0.25) is 11.8 Å². The largest absolute Gasteiger partial charge is 0.416 e. The third-order valence-corrected chi connectivity index (χ3v) is 9.40. The van der Waals surface area contributed by atoms with E-state index in [0.717, 1.165) is 12.1 Å². The molecule has 0 fully saturated rings. The van der Waals surface area contributed by atoms with Crippen LogP contribution in [0.15, 0.2) is 114 Å². The fraction of sp³-hybridized carbons (Fsp3) is 0.257. The zero-order valence-electron chi connectivity index (χ0n) is 25.8. The van der Waals surface area contributed by atoms with Crippen LogP contribution in [0, 0.1) is 5.82 Å². The molecule has 0 saturated carbocycles. The highest BCUT2D eigenvalue weighted by atomic mass is 32.2. The lowest BCUT2D eigenvalue weighted by Gasteiger charge is -2.34. The van der Waals surface area contributed by atoms with E-state index in [-0.39, 0.29) is 29.6 Å². The minimum Gasteiger partial charge on any atom is -0.352 e. The standard InChI is InChI=1S/C35H35F4N3O4S/c1-3-25(2)40-34(44)32(21-26-11-6-4-7-12-26)41(23-27-17-19-29(36)20-18-27)33(43)24-42(47(45,46)31-15-8-5-9-16-31)30-14-10-13-28(22-30)35(37,38)39/h4-20,22,25,32H,3,21,23-24H2,1-2H3,(H,40,44). The van der Waals surface area contributed by atoms with Gasteiger partial charge < -0.3 is 10.2 Å². The van der Waals surface area contributed by atoms with E-state index >= 15 is 0 Å². The summed E-state index contributed by atoms with van der Waals surface area (Å²) in [6, 6.07) is 23.4. The molecule has 0 saturated heterocycles. The summed E-state index contributed by atoms with van der Waals surface area (Å²) in [5.41, 5.74) is -0.331. The maximum Gasteiger partial charge on any atom is 0.416 e. The maximum absolute atomic E-state index is 14.4. The van der Waals surface area contributed by atoms with Crippen molar-refractivity contribution in [3.8, 4) is 0 Å². The van der Waals surface area contributed by atoms with Crippen LogP contribution in [0.25, 0.3) is 0 Å². The molecule has 0 aliphatic heterocycles. The number of carbonyl (C=O) groups is 2. The van der Waals surface area contributed by atoms with Crippen LogP contribution in [0.2, 0.25) is 0 Å². The van der Waals surface area contributed by atoms with E-state index in [0.29, 0.717) is 27.9 Å². The van der Waals surface area contributed by atoms with Crippen molar-refractivity contribution in [1.82, 2.24) is 10.2 Å². The van der Waals surface area contributed by atoms with Gasteiger partial charge in [0.05, 0.1) is 16.1 Å². The first-order chi connectivity index (χ1) is 22.3. The average molecular weight is 670 g/mol. The zero-order chi connectivity index (χ0) is 34.2. The molecule has 47 heavy (non-hydrogen) atoms. The van der Waals surface area contributed by atoms with Gasteiger partial charge in [-0.2, -0.15) is 13.2 Å². The van der Waals surface area contributed by atoms with Gasteiger partial charge in [0, 0.05) is 19.0 Å². The first-order valence-corrected chi connectivity index (χ1v) is 16.4. The van der Waals surface area contributed by atoms with Crippen molar-refractivity contribution in [1.29, 1.82) is 0 Å². The van der Waals surface area contributed by atoms with E-state index in [1.54, 1.807) is 43.3 Å². The average Bonchev–Trinajstić information content (AvgIpc) is 3.06. The van der Waals surface area contributed by atoms with Gasteiger partial charge in [0.25, 0.3) is 10.0 Å². The molecule has 0 aliphatic carbocycles. The third-order valence-electron chi connectivity index (χ3n) is 7.61. The van der Waals surface area contributed by atoms with Crippen molar-refractivity contribution in [2.24, 2.45) is 0 Å². The molecular weight excluding hydrogens is 634 g/mol. The number of nitrogens with zero attached hydrogens (tertiary/aromatic N) is 2. The summed E-state index contributed by atoms with van der Waals surface area (Å²) in [5, 5.41) is 2.90. The molecule has 0 spiro atoms. The Morgan fingerprint density at radius 1 is 0.830 bits per heavy atom. The summed E-state index contributed by atoms with van der Waals surface area (Å²) >= 11 is 0. The SMILES string of the molecule is CCC(C)NC(=O)C(Cc1ccccc1)N(Cc1ccc(F)cc1)C(=O)CN(c1cccc(C(F)(F)F)c1)S(=O)(=O)c1ccccc1. The second kappa shape index (κ2) is 15.3. The predicted octanol–water partition coefficient (Wildman–Crippen LogP) is 6.59. The van der Waals surface area contributed by atoms with Gasteiger partial charge in [0.1, 0.15) is 18.4 Å². The monoisotopic (exact) mass is 669 g/mol. The topological polar surface area (TPSA) is 86.8 Å². The molecule has 4 aromatic rings. The van der Waals surface area contributed by atoms with Crippen molar-refractivity contribution in [3.63, 3.8) is 0 Å². The van der Waals surface area contributed by atoms with Crippen LogP contribution in [0.4, 0.5) is 23.2 Å². The molecule has 12 heteroatoms. The Morgan fingerprint density at radius 3 is 2.04 bits per heavy atom. The lowest BCUT2D eigenvalue weighted by molar-refractivity contribution is -0.140. The van der Waals surface area contributed by atoms with Crippen LogP contribution in [-0.2, 0) is 38.8 Å². The molecule has 4 rings (SSSR count). The Labute approximate surface area is 271 Å². The number of rotatable bonds is 13. The number of alkyl halides is 3. The molecule has 2 amide bonds. The summed E-state index contributed by atoms with van der Waals surface area (Å²) in [7, 11) is -4.58. The lowest BCUT2D eigenvalue weighted by atomic mass is 10.0. The quantitative estimate of drug-likeness (QED) is 0.163. The summed E-state index contributed by atoms with van der Waals surface area (Å²) in [6.07, 6.45) is -4.15. The number of sulfonamides is 1. The fourth-order valence-electron chi connectivity index (χ4n) is 4.87. The number of nitrogens with one attached hydrogen (secondary N) is 1. The number of hydrogen-bond donors (Lipinski definition) is 1. The highest BCUT2D eigenvalue weighted by molar-refractivity contribution is 7.92. The summed E-state index contributed by atoms with van der Waals surface area (Å²) in [6.45, 7) is 2.53. The highest BCUT2D eigenvalue weighted by Gasteiger charge is 2.36. The van der Waals surface area contributed by atoms with Gasteiger partial charge in [-0.3, -0.25) is 13.9 Å². The molecule has 2 unspecified atom stereocenters. The maximum atomic E-state index is 14.4. The fourth-order valence-corrected chi connectivity index (χ4v) is 6.29. The van der Waals surface area contributed by atoms with Gasteiger partial charge >= 0.3 is 6.18 Å². The highest BCUT2D eigenvalue weighted by Crippen LogP contribution is 2.33. The van der Waals surface area contributed by atoms with Crippen molar-refractivity contribution in [3.05, 3.63) is 132 Å². The summed E-state index contributed by atoms with van der Waals surface area (Å²) in [4.78, 5) is 29.2. The Morgan fingerprint density at radius 2 is 1.45 bits per heavy atom. The van der Waals surface area contributed by atoms with Gasteiger partial charge in [-0.25, -0.2) is 12.8 Å². The number of hydrogen-bond acceptors (Lipinski definition) is 4. The van der Waals surface area contributed by atoms with Gasteiger partial charge in [0.15, 0.2) is 0 Å². The summed E-state index contributed by atoms with van der Waals surface area (Å²) < 4.78 is 83.6. The number of anilines is 1. The molecule has 1 N–H and O–H groups in total. The van der Waals surface area contributed by atoms with E-state index in [4.69, 9.17) is 0 Å². The molecular formula is C35H35F4N3O4S. The normalized spacial score (nSPS) is 13.0. The first kappa shape index (κ1) is 35.1. The number of halogens is 4. The van der Waals surface area contributed by atoms with E-state index in [1.165, 1.54) is 59.5 Å². The molecule has 0 radical (unpaired) electrons. The van der Waals surface area contributed by atoms with Gasteiger partial charge in [-0.05, 0) is 66.9 Å². The molecule has 0 aliphatic rings. The second-order valence-corrected chi connectivity index (χ2v) is 12.9. The van der Waals surface area contributed by atoms with Crippen molar-refractivity contribution >= 4 is 27.5 Å². The second-order valence-electron chi connectivity index (χ2n) is 11.0. The minimum absolute atomic E-state index is 0.0467. The van der Waals surface area contributed by atoms with Crippen LogP contribution >= 0.6 is 0 Å². The van der Waals surface area contributed by atoms with Crippen LogP contribution in [0.1, 0.15) is 37.0 Å². The Hall–Kier alpha value is -4.71. The van der Waals surface area contributed by atoms with Crippen LogP contribution in [0.3, 0.4) is 0 Å². The van der Waals surface area contributed by atoms with E-state index in [1.807, 2.05) is 6.92 Å². The molecule has 7 nitrogen and oxygen atoms in total. The van der Waals surface area contributed by atoms with Crippen molar-refractivity contribution in [2.75, 3.05) is 10.8 Å². The van der Waals surface area contributed by atoms with Crippen molar-refractivity contribution in [2.45, 2.75) is 56.4 Å². The van der Waals surface area contributed by atoms with Crippen molar-refractivity contribution < 1.29 is 35.6 Å². The molecule has 4 aromatic carbocycles. The zero-order valence-corrected chi connectivity index (χ0v) is 26.6.